The van der Waals surface area contributed by atoms with Crippen LogP contribution in [0.5, 0.6) is 5.75 Å². The minimum Gasteiger partial charge on any atom is -0.491 e. The Morgan fingerprint density at radius 1 is 1.13 bits per heavy atom. The molecule has 0 spiro atoms. The van der Waals surface area contributed by atoms with E-state index in [4.69, 9.17) is 9.47 Å². The molecule has 4 nitrogen and oxygen atoms in total. The first kappa shape index (κ1) is 15.8. The topological polar surface area (TPSA) is 50.7 Å². The van der Waals surface area contributed by atoms with Gasteiger partial charge in [0.1, 0.15) is 12.4 Å². The second-order valence-corrected chi connectivity index (χ2v) is 5.76. The van der Waals surface area contributed by atoms with Crippen LogP contribution in [0.25, 0.3) is 0 Å². The average molecular weight is 313 g/mol. The van der Waals surface area contributed by atoms with Gasteiger partial charge in [0.15, 0.2) is 0 Å². The highest BCUT2D eigenvalue weighted by atomic mass is 16.5. The molecule has 2 aromatic carbocycles. The highest BCUT2D eigenvalue weighted by molar-refractivity contribution is 5.51. The van der Waals surface area contributed by atoms with Crippen LogP contribution in [0.2, 0.25) is 0 Å². The van der Waals surface area contributed by atoms with Crippen molar-refractivity contribution in [1.82, 2.24) is 0 Å². The Morgan fingerprint density at radius 2 is 1.96 bits per heavy atom. The molecule has 1 saturated heterocycles. The molecule has 0 aromatic heterocycles. The fourth-order valence-electron chi connectivity index (χ4n) is 2.70. The van der Waals surface area contributed by atoms with E-state index in [1.807, 2.05) is 36.4 Å². The average Bonchev–Trinajstić information content (AvgIpc) is 3.13. The van der Waals surface area contributed by atoms with Crippen molar-refractivity contribution in [3.8, 4) is 5.75 Å². The summed E-state index contributed by atoms with van der Waals surface area (Å²) in [4.78, 5) is 0. The molecule has 122 valence electrons. The predicted molar refractivity (Wildman–Crippen MR) is 90.6 cm³/mol. The number of anilines is 1. The van der Waals surface area contributed by atoms with E-state index in [1.165, 1.54) is 5.56 Å². The molecule has 0 radical (unpaired) electrons. The number of aliphatic hydroxyl groups is 1. The van der Waals surface area contributed by atoms with Crippen molar-refractivity contribution in [3.05, 3.63) is 59.7 Å². The molecule has 1 aliphatic rings. The number of hydrogen-bond acceptors (Lipinski definition) is 4. The van der Waals surface area contributed by atoms with E-state index in [2.05, 4.69) is 17.4 Å². The third-order valence-corrected chi connectivity index (χ3v) is 4.05. The van der Waals surface area contributed by atoms with Crippen LogP contribution in [-0.2, 0) is 17.9 Å². The van der Waals surface area contributed by atoms with Crippen LogP contribution in [0.4, 0.5) is 5.69 Å². The molecule has 3 rings (SSSR count). The van der Waals surface area contributed by atoms with Crippen molar-refractivity contribution >= 4 is 5.69 Å². The lowest BCUT2D eigenvalue weighted by molar-refractivity contribution is 0.0679. The number of nitrogens with one attached hydrogen (secondary N) is 1. The van der Waals surface area contributed by atoms with E-state index < -0.39 is 0 Å². The molecule has 1 aliphatic heterocycles. The fourth-order valence-corrected chi connectivity index (χ4v) is 2.70. The Labute approximate surface area is 137 Å². The lowest BCUT2D eigenvalue weighted by Gasteiger charge is -2.13. The van der Waals surface area contributed by atoms with Crippen molar-refractivity contribution in [2.24, 2.45) is 0 Å². The molecule has 1 atom stereocenters. The molecule has 23 heavy (non-hydrogen) atoms. The van der Waals surface area contributed by atoms with Gasteiger partial charge in [0, 0.05) is 24.4 Å². The van der Waals surface area contributed by atoms with Gasteiger partial charge in [-0.15, -0.1) is 0 Å². The zero-order valence-corrected chi connectivity index (χ0v) is 13.2. The number of para-hydroxylation sites is 1. The van der Waals surface area contributed by atoms with Gasteiger partial charge >= 0.3 is 0 Å². The SMILES string of the molecule is OCc1ccccc1NCc1ccc(OC[C@H]2CCCO2)cc1. The molecule has 1 heterocycles. The summed E-state index contributed by atoms with van der Waals surface area (Å²) in [6.07, 6.45) is 2.46. The summed E-state index contributed by atoms with van der Waals surface area (Å²) in [5.74, 6) is 0.875. The Bertz CT molecular complexity index is 606. The molecular weight excluding hydrogens is 290 g/mol. The minimum atomic E-state index is 0.0409. The summed E-state index contributed by atoms with van der Waals surface area (Å²) in [6.45, 7) is 2.23. The fraction of sp³-hybridized carbons (Fsp3) is 0.368. The summed E-state index contributed by atoms with van der Waals surface area (Å²) in [6, 6.07) is 15.9. The number of rotatable bonds is 7. The maximum Gasteiger partial charge on any atom is 0.119 e. The van der Waals surface area contributed by atoms with E-state index in [0.717, 1.165) is 36.4 Å². The molecule has 2 N–H and O–H groups in total. The second kappa shape index (κ2) is 7.99. The first-order valence-electron chi connectivity index (χ1n) is 8.11. The largest absolute Gasteiger partial charge is 0.491 e. The second-order valence-electron chi connectivity index (χ2n) is 5.76. The number of ether oxygens (including phenoxy) is 2. The normalized spacial score (nSPS) is 17.2. The smallest absolute Gasteiger partial charge is 0.119 e. The lowest BCUT2D eigenvalue weighted by atomic mass is 10.1. The van der Waals surface area contributed by atoms with Crippen molar-refractivity contribution in [1.29, 1.82) is 0 Å². The molecule has 0 aliphatic carbocycles. The summed E-state index contributed by atoms with van der Waals surface area (Å²) in [7, 11) is 0. The van der Waals surface area contributed by atoms with Crippen LogP contribution in [0.1, 0.15) is 24.0 Å². The molecule has 1 fully saturated rings. The van der Waals surface area contributed by atoms with Gasteiger partial charge in [-0.25, -0.2) is 0 Å². The zero-order chi connectivity index (χ0) is 15.9. The molecular formula is C19H23NO3. The molecule has 0 amide bonds. The summed E-state index contributed by atoms with van der Waals surface area (Å²) < 4.78 is 11.3. The highest BCUT2D eigenvalue weighted by Gasteiger charge is 2.15. The minimum absolute atomic E-state index is 0.0409. The van der Waals surface area contributed by atoms with Crippen molar-refractivity contribution in [2.45, 2.75) is 32.1 Å². The van der Waals surface area contributed by atoms with Gasteiger partial charge in [0.25, 0.3) is 0 Å². The summed E-state index contributed by atoms with van der Waals surface area (Å²) in [5, 5.41) is 12.7. The summed E-state index contributed by atoms with van der Waals surface area (Å²) >= 11 is 0. The third-order valence-electron chi connectivity index (χ3n) is 4.05. The lowest BCUT2D eigenvalue weighted by Crippen LogP contribution is -2.16. The van der Waals surface area contributed by atoms with Gasteiger partial charge in [-0.3, -0.25) is 0 Å². The van der Waals surface area contributed by atoms with E-state index in [1.54, 1.807) is 0 Å². The van der Waals surface area contributed by atoms with Crippen molar-refractivity contribution < 1.29 is 14.6 Å². The van der Waals surface area contributed by atoms with Gasteiger partial charge in [-0.05, 0) is 36.6 Å². The van der Waals surface area contributed by atoms with Gasteiger partial charge in [-0.2, -0.15) is 0 Å². The molecule has 2 aromatic rings. The van der Waals surface area contributed by atoms with Crippen LogP contribution in [0.15, 0.2) is 48.5 Å². The molecule has 4 heteroatoms. The van der Waals surface area contributed by atoms with E-state index in [9.17, 15) is 5.11 Å². The van der Waals surface area contributed by atoms with Crippen LogP contribution >= 0.6 is 0 Å². The highest BCUT2D eigenvalue weighted by Crippen LogP contribution is 2.19. The molecule has 0 saturated carbocycles. The quantitative estimate of drug-likeness (QED) is 0.823. The van der Waals surface area contributed by atoms with E-state index in [0.29, 0.717) is 13.2 Å². The van der Waals surface area contributed by atoms with Crippen LogP contribution in [-0.4, -0.2) is 24.4 Å². The van der Waals surface area contributed by atoms with Crippen LogP contribution in [0, 0.1) is 0 Å². The van der Waals surface area contributed by atoms with Gasteiger partial charge in [0.05, 0.1) is 12.7 Å². The maximum atomic E-state index is 9.33. The molecule has 0 unspecified atom stereocenters. The predicted octanol–water partition coefficient (Wildman–Crippen LogP) is 3.35. The van der Waals surface area contributed by atoms with Gasteiger partial charge in [-0.1, -0.05) is 30.3 Å². The first-order chi connectivity index (χ1) is 11.3. The zero-order valence-electron chi connectivity index (χ0n) is 13.2. The van der Waals surface area contributed by atoms with E-state index >= 15 is 0 Å². The summed E-state index contributed by atoms with van der Waals surface area (Å²) in [5.41, 5.74) is 3.04. The Morgan fingerprint density at radius 3 is 2.70 bits per heavy atom. The van der Waals surface area contributed by atoms with E-state index in [-0.39, 0.29) is 12.7 Å². The van der Waals surface area contributed by atoms with Crippen LogP contribution in [0.3, 0.4) is 0 Å². The number of hydrogen-bond donors (Lipinski definition) is 2. The van der Waals surface area contributed by atoms with Crippen molar-refractivity contribution in [3.63, 3.8) is 0 Å². The van der Waals surface area contributed by atoms with Crippen molar-refractivity contribution in [2.75, 3.05) is 18.5 Å². The van der Waals surface area contributed by atoms with Gasteiger partial charge in [0.2, 0.25) is 0 Å². The number of aliphatic hydroxyl groups excluding tert-OH is 1. The Kier molecular flexibility index (Phi) is 5.51. The number of benzene rings is 2. The third kappa shape index (κ3) is 4.47. The first-order valence-corrected chi connectivity index (χ1v) is 8.11. The van der Waals surface area contributed by atoms with Crippen LogP contribution < -0.4 is 10.1 Å². The molecule has 0 bridgehead atoms. The maximum absolute atomic E-state index is 9.33. The monoisotopic (exact) mass is 313 g/mol. The Hall–Kier alpha value is -2.04. The van der Waals surface area contributed by atoms with Gasteiger partial charge < -0.3 is 19.9 Å². The standard InChI is InChI=1S/C19H23NO3/c21-13-16-4-1-2-6-19(16)20-12-15-7-9-17(10-8-15)23-14-18-5-3-11-22-18/h1-2,4,6-10,18,20-21H,3,5,11-14H2/t18-/m1/s1. The Balaban J connectivity index is 1.50.